The van der Waals surface area contributed by atoms with Crippen LogP contribution in [0.5, 0.6) is 5.75 Å². The molecule has 6 nitrogen and oxygen atoms in total. The van der Waals surface area contributed by atoms with Crippen LogP contribution in [0.25, 0.3) is 0 Å². The number of aliphatic carboxylic acids is 1. The molecule has 1 aromatic carbocycles. The number of azo groups is 1. The number of nitrogens with zero attached hydrogens (tertiary/aromatic N) is 2. The molecule has 0 aromatic heterocycles. The van der Waals surface area contributed by atoms with Crippen LogP contribution >= 0.6 is 11.6 Å². The van der Waals surface area contributed by atoms with Crippen molar-refractivity contribution in [2.24, 2.45) is 10.2 Å². The van der Waals surface area contributed by atoms with E-state index in [1.165, 1.54) is 20.1 Å². The van der Waals surface area contributed by atoms with Gasteiger partial charge in [0.25, 0.3) is 0 Å². The minimum atomic E-state index is -1.38. The highest BCUT2D eigenvalue weighted by Crippen LogP contribution is 2.29. The summed E-state index contributed by atoms with van der Waals surface area (Å²) in [6.07, 6.45) is 0. The number of aliphatic hydroxyl groups excluding tert-OH is 1. The Morgan fingerprint density at radius 1 is 1.39 bits per heavy atom. The molecule has 0 heterocycles. The van der Waals surface area contributed by atoms with Gasteiger partial charge in [0.1, 0.15) is 17.2 Å². The van der Waals surface area contributed by atoms with E-state index in [1.807, 2.05) is 0 Å². The summed E-state index contributed by atoms with van der Waals surface area (Å²) in [6.45, 7) is 1.20. The molecule has 0 amide bonds. The van der Waals surface area contributed by atoms with Crippen molar-refractivity contribution in [1.82, 2.24) is 0 Å². The van der Waals surface area contributed by atoms with Gasteiger partial charge in [-0.3, -0.25) is 0 Å². The highest BCUT2D eigenvalue weighted by molar-refractivity contribution is 6.33. The van der Waals surface area contributed by atoms with Gasteiger partial charge in [-0.15, -0.1) is 10.2 Å². The van der Waals surface area contributed by atoms with E-state index in [0.29, 0.717) is 10.8 Å². The molecule has 0 radical (unpaired) electrons. The van der Waals surface area contributed by atoms with Gasteiger partial charge >= 0.3 is 5.97 Å². The normalized spacial score (nSPS) is 12.4. The first kappa shape index (κ1) is 14.0. The van der Waals surface area contributed by atoms with Gasteiger partial charge in [-0.25, -0.2) is 4.79 Å². The molecule has 0 spiro atoms. The first-order valence-corrected chi connectivity index (χ1v) is 5.22. The number of aliphatic hydroxyl groups is 1. The van der Waals surface area contributed by atoms with E-state index in [9.17, 15) is 4.79 Å². The van der Waals surface area contributed by atoms with Crippen LogP contribution in [-0.4, -0.2) is 23.3 Å². The van der Waals surface area contributed by atoms with E-state index in [-0.39, 0.29) is 5.69 Å². The molecule has 0 saturated heterocycles. The second kappa shape index (κ2) is 6.02. The monoisotopic (exact) mass is 270 g/mol. The van der Waals surface area contributed by atoms with Gasteiger partial charge in [-0.05, 0) is 19.1 Å². The molecule has 1 rings (SSSR count). The van der Waals surface area contributed by atoms with Crippen LogP contribution in [0.1, 0.15) is 6.92 Å². The topological polar surface area (TPSA) is 91.5 Å². The van der Waals surface area contributed by atoms with Crippen LogP contribution in [0.15, 0.2) is 39.9 Å². The summed E-state index contributed by atoms with van der Waals surface area (Å²) < 4.78 is 4.97. The lowest BCUT2D eigenvalue weighted by molar-refractivity contribution is -0.132. The lowest BCUT2D eigenvalue weighted by Gasteiger charge is -2.02. The van der Waals surface area contributed by atoms with Gasteiger partial charge in [0, 0.05) is 6.07 Å². The van der Waals surface area contributed by atoms with Crippen molar-refractivity contribution in [2.75, 3.05) is 7.11 Å². The summed E-state index contributed by atoms with van der Waals surface area (Å²) in [4.78, 5) is 10.7. The number of ether oxygens (including phenoxy) is 1. The van der Waals surface area contributed by atoms with E-state index < -0.39 is 17.4 Å². The second-order valence-corrected chi connectivity index (χ2v) is 3.66. The molecule has 0 atom stereocenters. The van der Waals surface area contributed by atoms with E-state index in [4.69, 9.17) is 26.6 Å². The molecule has 96 valence electrons. The van der Waals surface area contributed by atoms with Crippen molar-refractivity contribution in [1.29, 1.82) is 0 Å². The lowest BCUT2D eigenvalue weighted by Crippen LogP contribution is -2.00. The molecular formula is C11H11ClN2O4. The standard InChI is InChI=1S/C11H11ClN2O4/c1-6(15)10(11(16)17)14-13-9-5-7(18-2)3-4-8(9)12/h3-5,15H,1-2H3,(H,16,17). The maximum Gasteiger partial charge on any atom is 0.359 e. The largest absolute Gasteiger partial charge is 0.510 e. The second-order valence-electron chi connectivity index (χ2n) is 3.26. The number of hydrogen-bond donors (Lipinski definition) is 2. The molecule has 0 aliphatic heterocycles. The fraction of sp³-hybridized carbons (Fsp3) is 0.182. The van der Waals surface area contributed by atoms with Gasteiger partial charge in [0.05, 0.1) is 12.1 Å². The molecule has 7 heteroatoms. The molecule has 0 aliphatic rings. The Morgan fingerprint density at radius 2 is 2.06 bits per heavy atom. The van der Waals surface area contributed by atoms with Gasteiger partial charge in [-0.1, -0.05) is 11.6 Å². The zero-order valence-corrected chi connectivity index (χ0v) is 10.5. The van der Waals surface area contributed by atoms with Crippen LogP contribution < -0.4 is 4.74 Å². The average molecular weight is 271 g/mol. The predicted molar refractivity (Wildman–Crippen MR) is 65.5 cm³/mol. The number of benzene rings is 1. The maximum absolute atomic E-state index is 10.7. The zero-order valence-electron chi connectivity index (χ0n) is 9.72. The number of carboxylic acids is 1. The number of carbonyl (C=O) groups is 1. The molecule has 0 bridgehead atoms. The number of rotatable bonds is 4. The van der Waals surface area contributed by atoms with Crippen LogP contribution in [0, 0.1) is 0 Å². The molecule has 18 heavy (non-hydrogen) atoms. The van der Waals surface area contributed by atoms with Crippen molar-refractivity contribution < 1.29 is 19.7 Å². The SMILES string of the molecule is COc1ccc(Cl)c(N=NC(C(=O)O)=C(C)O)c1. The molecule has 1 aromatic rings. The molecule has 2 N–H and O–H groups in total. The maximum atomic E-state index is 10.7. The minimum Gasteiger partial charge on any atom is -0.510 e. The van der Waals surface area contributed by atoms with Crippen molar-refractivity contribution >= 4 is 23.3 Å². The molecule has 0 aliphatic carbocycles. The molecule has 0 unspecified atom stereocenters. The Bertz CT molecular complexity index is 522. The minimum absolute atomic E-state index is 0.246. The first-order chi connectivity index (χ1) is 8.45. The zero-order chi connectivity index (χ0) is 13.7. The van der Waals surface area contributed by atoms with Crippen LogP contribution in [0.3, 0.4) is 0 Å². The summed E-state index contributed by atoms with van der Waals surface area (Å²) in [6, 6.07) is 4.68. The molecular weight excluding hydrogens is 260 g/mol. The van der Waals surface area contributed by atoms with Crippen LogP contribution in [0.4, 0.5) is 5.69 Å². The Balaban J connectivity index is 3.10. The van der Waals surface area contributed by atoms with Crippen molar-refractivity contribution in [3.63, 3.8) is 0 Å². The fourth-order valence-electron chi connectivity index (χ4n) is 1.07. The smallest absolute Gasteiger partial charge is 0.359 e. The Kier molecular flexibility index (Phi) is 4.67. The van der Waals surface area contributed by atoms with Crippen molar-refractivity contribution in [3.05, 3.63) is 34.7 Å². The van der Waals surface area contributed by atoms with E-state index in [0.717, 1.165) is 0 Å². The van der Waals surface area contributed by atoms with Crippen LogP contribution in [-0.2, 0) is 4.79 Å². The molecule has 0 fully saturated rings. The third-order valence-electron chi connectivity index (χ3n) is 1.96. The van der Waals surface area contributed by atoms with E-state index in [1.54, 1.807) is 12.1 Å². The number of halogens is 1. The van der Waals surface area contributed by atoms with Gasteiger partial charge in [0.15, 0.2) is 0 Å². The highest BCUT2D eigenvalue weighted by atomic mass is 35.5. The van der Waals surface area contributed by atoms with Crippen LogP contribution in [0.2, 0.25) is 5.02 Å². The Hall–Kier alpha value is -2.08. The number of methoxy groups -OCH3 is 1. The van der Waals surface area contributed by atoms with Crippen molar-refractivity contribution in [3.8, 4) is 5.75 Å². The third-order valence-corrected chi connectivity index (χ3v) is 2.28. The van der Waals surface area contributed by atoms with Gasteiger partial charge < -0.3 is 14.9 Å². The quantitative estimate of drug-likeness (QED) is 0.499. The predicted octanol–water partition coefficient (Wildman–Crippen LogP) is 3.31. The average Bonchev–Trinajstić information content (AvgIpc) is 2.30. The van der Waals surface area contributed by atoms with Gasteiger partial charge in [-0.2, -0.15) is 0 Å². The number of hydrogen-bond acceptors (Lipinski definition) is 5. The lowest BCUT2D eigenvalue weighted by atomic mass is 10.3. The highest BCUT2D eigenvalue weighted by Gasteiger charge is 2.10. The first-order valence-electron chi connectivity index (χ1n) is 4.84. The number of carboxylic acid groups (broad SMARTS) is 1. The Morgan fingerprint density at radius 3 is 2.56 bits per heavy atom. The van der Waals surface area contributed by atoms with Crippen molar-refractivity contribution in [2.45, 2.75) is 6.92 Å². The third kappa shape index (κ3) is 3.46. The number of allylic oxidation sites excluding steroid dienone is 1. The summed E-state index contributed by atoms with van der Waals surface area (Å²) in [5, 5.41) is 25.3. The fourth-order valence-corrected chi connectivity index (χ4v) is 1.23. The summed E-state index contributed by atoms with van der Waals surface area (Å²) in [5.74, 6) is -1.31. The van der Waals surface area contributed by atoms with E-state index >= 15 is 0 Å². The summed E-state index contributed by atoms with van der Waals surface area (Å²) in [5.41, 5.74) is -0.301. The Labute approximate surface area is 108 Å². The van der Waals surface area contributed by atoms with Gasteiger partial charge in [0.2, 0.25) is 5.70 Å². The summed E-state index contributed by atoms with van der Waals surface area (Å²) in [7, 11) is 1.48. The molecule has 0 saturated carbocycles. The van der Waals surface area contributed by atoms with E-state index in [2.05, 4.69) is 10.2 Å². The summed E-state index contributed by atoms with van der Waals surface area (Å²) >= 11 is 5.86.